The highest BCUT2D eigenvalue weighted by atomic mass is 19.4. The Hall–Kier alpha value is -1.56. The molecule has 3 nitrogen and oxygen atoms in total. The fraction of sp³-hybridized carbons (Fsp3) is 0.462. The summed E-state index contributed by atoms with van der Waals surface area (Å²) in [6.07, 6.45) is -1.36. The molecule has 0 saturated heterocycles. The summed E-state index contributed by atoms with van der Waals surface area (Å²) in [5.41, 5.74) is -0.0402. The number of hydrogen-bond donors (Lipinski definition) is 1. The summed E-state index contributed by atoms with van der Waals surface area (Å²) < 4.78 is 43.1. The standard InChI is InChI=1S/C13H13F3N2O/c14-13(15,16)8-1-4-11-10(7-8)18-12(19-11)5-6-17-9-2-3-9/h1,4,7,9,17H,2-3,5-6H2. The molecule has 0 unspecified atom stereocenters. The molecule has 1 aromatic carbocycles. The van der Waals surface area contributed by atoms with E-state index in [0.29, 0.717) is 23.9 Å². The van der Waals surface area contributed by atoms with E-state index in [0.717, 1.165) is 18.7 Å². The van der Waals surface area contributed by atoms with Crippen molar-refractivity contribution < 1.29 is 17.6 Å². The van der Waals surface area contributed by atoms with Crippen LogP contribution in [0.5, 0.6) is 0 Å². The van der Waals surface area contributed by atoms with Gasteiger partial charge in [-0.15, -0.1) is 0 Å². The lowest BCUT2D eigenvalue weighted by Gasteiger charge is -2.04. The minimum atomic E-state index is -4.35. The number of aromatic nitrogens is 1. The van der Waals surface area contributed by atoms with Crippen LogP contribution in [0.4, 0.5) is 13.2 Å². The van der Waals surface area contributed by atoms with Gasteiger partial charge in [-0.3, -0.25) is 0 Å². The van der Waals surface area contributed by atoms with E-state index in [1.165, 1.54) is 18.9 Å². The van der Waals surface area contributed by atoms with Gasteiger partial charge in [0.15, 0.2) is 11.5 Å². The third-order valence-electron chi connectivity index (χ3n) is 3.11. The molecule has 19 heavy (non-hydrogen) atoms. The van der Waals surface area contributed by atoms with Crippen molar-refractivity contribution in [3.8, 4) is 0 Å². The molecule has 3 rings (SSSR count). The summed E-state index contributed by atoms with van der Waals surface area (Å²) in [5, 5.41) is 3.31. The second-order valence-electron chi connectivity index (χ2n) is 4.77. The molecule has 0 amide bonds. The normalized spacial score (nSPS) is 16.2. The second kappa shape index (κ2) is 4.52. The molecule has 1 heterocycles. The molecular formula is C13H13F3N2O. The number of benzene rings is 1. The minimum absolute atomic E-state index is 0.260. The molecule has 0 radical (unpaired) electrons. The van der Waals surface area contributed by atoms with Crippen LogP contribution in [0, 0.1) is 0 Å². The average molecular weight is 270 g/mol. The molecule has 1 aliphatic carbocycles. The van der Waals surface area contributed by atoms with Gasteiger partial charge in [0.1, 0.15) is 5.52 Å². The highest BCUT2D eigenvalue weighted by Gasteiger charge is 2.31. The van der Waals surface area contributed by atoms with Crippen molar-refractivity contribution in [1.82, 2.24) is 10.3 Å². The average Bonchev–Trinajstić information content (AvgIpc) is 3.06. The number of halogens is 3. The summed E-state index contributed by atoms with van der Waals surface area (Å²) in [7, 11) is 0. The molecule has 2 aromatic rings. The first kappa shape index (κ1) is 12.5. The molecular weight excluding hydrogens is 257 g/mol. The van der Waals surface area contributed by atoms with Gasteiger partial charge in [0.2, 0.25) is 0 Å². The molecule has 1 aromatic heterocycles. The Morgan fingerprint density at radius 2 is 2.11 bits per heavy atom. The van der Waals surface area contributed by atoms with Crippen molar-refractivity contribution in [3.05, 3.63) is 29.7 Å². The number of oxazole rings is 1. The third-order valence-corrected chi connectivity index (χ3v) is 3.11. The van der Waals surface area contributed by atoms with E-state index >= 15 is 0 Å². The molecule has 0 bridgehead atoms. The lowest BCUT2D eigenvalue weighted by atomic mass is 10.2. The summed E-state index contributed by atoms with van der Waals surface area (Å²) in [6, 6.07) is 3.96. The maximum absolute atomic E-state index is 12.6. The topological polar surface area (TPSA) is 38.1 Å². The zero-order valence-electron chi connectivity index (χ0n) is 10.1. The van der Waals surface area contributed by atoms with Crippen molar-refractivity contribution in [2.24, 2.45) is 0 Å². The molecule has 1 fully saturated rings. The number of fused-ring (bicyclic) bond motifs is 1. The highest BCUT2D eigenvalue weighted by Crippen LogP contribution is 2.31. The molecule has 1 N–H and O–H groups in total. The maximum atomic E-state index is 12.6. The summed E-state index contributed by atoms with van der Waals surface area (Å²) >= 11 is 0. The number of rotatable bonds is 4. The van der Waals surface area contributed by atoms with Gasteiger partial charge in [0, 0.05) is 19.0 Å². The fourth-order valence-corrected chi connectivity index (χ4v) is 1.93. The largest absolute Gasteiger partial charge is 0.441 e. The molecule has 102 valence electrons. The molecule has 0 atom stereocenters. The van der Waals surface area contributed by atoms with Crippen molar-refractivity contribution in [2.45, 2.75) is 31.5 Å². The first-order valence-electron chi connectivity index (χ1n) is 6.22. The zero-order chi connectivity index (χ0) is 13.5. The van der Waals surface area contributed by atoms with Crippen molar-refractivity contribution in [3.63, 3.8) is 0 Å². The van der Waals surface area contributed by atoms with Gasteiger partial charge in [-0.2, -0.15) is 13.2 Å². The molecule has 6 heteroatoms. The molecule has 0 aliphatic heterocycles. The number of nitrogens with one attached hydrogen (secondary N) is 1. The first-order chi connectivity index (χ1) is 9.02. The van der Waals surface area contributed by atoms with Crippen LogP contribution in [0.15, 0.2) is 22.6 Å². The van der Waals surface area contributed by atoms with Crippen molar-refractivity contribution in [1.29, 1.82) is 0 Å². The van der Waals surface area contributed by atoms with Gasteiger partial charge in [0.25, 0.3) is 0 Å². The molecule has 1 aliphatic rings. The second-order valence-corrected chi connectivity index (χ2v) is 4.77. The zero-order valence-corrected chi connectivity index (χ0v) is 10.1. The van der Waals surface area contributed by atoms with Crippen molar-refractivity contribution in [2.75, 3.05) is 6.54 Å². The summed E-state index contributed by atoms with van der Waals surface area (Å²) in [4.78, 5) is 4.10. The van der Waals surface area contributed by atoms with Crippen LogP contribution < -0.4 is 5.32 Å². The summed E-state index contributed by atoms with van der Waals surface area (Å²) in [6.45, 7) is 0.740. The van der Waals surface area contributed by atoms with E-state index < -0.39 is 11.7 Å². The lowest BCUT2D eigenvalue weighted by molar-refractivity contribution is -0.137. The highest BCUT2D eigenvalue weighted by molar-refractivity contribution is 5.73. The Kier molecular flexibility index (Phi) is 2.97. The fourth-order valence-electron chi connectivity index (χ4n) is 1.93. The van der Waals surface area contributed by atoms with Crippen LogP contribution in [-0.2, 0) is 12.6 Å². The summed E-state index contributed by atoms with van der Waals surface area (Å²) in [5.74, 6) is 0.475. The Bertz CT molecular complexity index is 587. The lowest BCUT2D eigenvalue weighted by Crippen LogP contribution is -2.19. The minimum Gasteiger partial charge on any atom is -0.441 e. The molecule has 1 saturated carbocycles. The predicted octanol–water partition coefficient (Wildman–Crippen LogP) is 3.14. The van der Waals surface area contributed by atoms with E-state index in [4.69, 9.17) is 4.42 Å². The van der Waals surface area contributed by atoms with Crippen LogP contribution in [0.2, 0.25) is 0 Å². The van der Waals surface area contributed by atoms with Gasteiger partial charge in [0.05, 0.1) is 5.56 Å². The van der Waals surface area contributed by atoms with E-state index in [1.807, 2.05) is 0 Å². The first-order valence-corrected chi connectivity index (χ1v) is 6.22. The third kappa shape index (κ3) is 2.89. The van der Waals surface area contributed by atoms with E-state index in [-0.39, 0.29) is 5.52 Å². The molecule has 0 spiro atoms. The quantitative estimate of drug-likeness (QED) is 0.927. The number of hydrogen-bond acceptors (Lipinski definition) is 3. The van der Waals surface area contributed by atoms with Crippen LogP contribution in [0.1, 0.15) is 24.3 Å². The van der Waals surface area contributed by atoms with Gasteiger partial charge in [-0.25, -0.2) is 4.98 Å². The monoisotopic (exact) mass is 270 g/mol. The Balaban J connectivity index is 1.75. The maximum Gasteiger partial charge on any atom is 0.416 e. The van der Waals surface area contributed by atoms with Gasteiger partial charge in [-0.05, 0) is 31.0 Å². The van der Waals surface area contributed by atoms with Gasteiger partial charge < -0.3 is 9.73 Å². The Morgan fingerprint density at radius 1 is 1.32 bits per heavy atom. The van der Waals surface area contributed by atoms with E-state index in [9.17, 15) is 13.2 Å². The SMILES string of the molecule is FC(F)(F)c1ccc2oc(CCNC3CC3)nc2c1. The van der Waals surface area contributed by atoms with Crippen LogP contribution >= 0.6 is 0 Å². The van der Waals surface area contributed by atoms with Crippen molar-refractivity contribution >= 4 is 11.1 Å². The van der Waals surface area contributed by atoms with E-state index in [2.05, 4.69) is 10.3 Å². The number of alkyl halides is 3. The van der Waals surface area contributed by atoms with Crippen LogP contribution in [-0.4, -0.2) is 17.6 Å². The predicted molar refractivity (Wildman–Crippen MR) is 63.7 cm³/mol. The Morgan fingerprint density at radius 3 is 2.79 bits per heavy atom. The van der Waals surface area contributed by atoms with Crippen LogP contribution in [0.3, 0.4) is 0 Å². The Labute approximate surface area is 107 Å². The van der Waals surface area contributed by atoms with Gasteiger partial charge >= 0.3 is 6.18 Å². The van der Waals surface area contributed by atoms with Crippen LogP contribution in [0.25, 0.3) is 11.1 Å². The number of nitrogens with zero attached hydrogens (tertiary/aromatic N) is 1. The smallest absolute Gasteiger partial charge is 0.416 e. The van der Waals surface area contributed by atoms with Gasteiger partial charge in [-0.1, -0.05) is 0 Å². The van der Waals surface area contributed by atoms with E-state index in [1.54, 1.807) is 0 Å².